The van der Waals surface area contributed by atoms with Crippen molar-refractivity contribution in [3.63, 3.8) is 0 Å². The zero-order valence-corrected chi connectivity index (χ0v) is 33.3. The minimum atomic E-state index is -0.882. The number of rotatable bonds is 35. The number of ether oxygens (including phenoxy) is 3. The summed E-state index contributed by atoms with van der Waals surface area (Å²) < 4.78 is 17.2. The van der Waals surface area contributed by atoms with Gasteiger partial charge in [-0.15, -0.1) is 0 Å². The maximum absolute atomic E-state index is 12.7. The molecule has 0 bridgehead atoms. The van der Waals surface area contributed by atoms with E-state index in [1.165, 1.54) is 25.7 Å². The maximum Gasteiger partial charge on any atom is 0.362 e. The van der Waals surface area contributed by atoms with Gasteiger partial charge in [0.2, 0.25) is 0 Å². The molecule has 0 heterocycles. The van der Waals surface area contributed by atoms with E-state index in [0.29, 0.717) is 19.3 Å². The Kier molecular flexibility index (Phi) is 32.6. The van der Waals surface area contributed by atoms with Crippen LogP contribution < -0.4 is 0 Å². The molecule has 0 fully saturated rings. The van der Waals surface area contributed by atoms with Crippen molar-refractivity contribution in [2.24, 2.45) is 0 Å². The minimum Gasteiger partial charge on any atom is -0.477 e. The number of hydrogen-bond acceptors (Lipinski definition) is 6. The van der Waals surface area contributed by atoms with Crippen LogP contribution in [0.3, 0.4) is 0 Å². The fourth-order valence-corrected chi connectivity index (χ4v) is 5.50. The first-order chi connectivity index (χ1) is 24.6. The molecule has 0 saturated carbocycles. The van der Waals surface area contributed by atoms with E-state index in [1.807, 2.05) is 21.1 Å². The van der Waals surface area contributed by atoms with Crippen LogP contribution in [0.25, 0.3) is 0 Å². The summed E-state index contributed by atoms with van der Waals surface area (Å²) in [5.74, 6) is -1.51. The first kappa shape index (κ1) is 48.3. The lowest BCUT2D eigenvalue weighted by molar-refractivity contribution is -0.887. The topological polar surface area (TPSA) is 99.1 Å². The van der Waals surface area contributed by atoms with Gasteiger partial charge in [-0.1, -0.05) is 120 Å². The summed E-state index contributed by atoms with van der Waals surface area (Å²) in [6.45, 7) is 4.58. The second kappa shape index (κ2) is 34.4. The molecule has 0 rings (SSSR count). The highest BCUT2D eigenvalue weighted by Crippen LogP contribution is 2.13. The molecule has 294 valence electrons. The SMILES string of the molecule is CCC/C=C\C/C=C\CCCCCCCC(=O)OCC(COCCC(C(=O)O)[N+](C)(C)C)OC(=O)CCCCCCC/C=C\C/C=C\CCCC. The summed E-state index contributed by atoms with van der Waals surface area (Å²) >= 11 is 0. The number of unbranched alkanes of at least 4 members (excludes halogenated alkanes) is 13. The fourth-order valence-electron chi connectivity index (χ4n) is 5.50. The summed E-state index contributed by atoms with van der Waals surface area (Å²) in [7, 11) is 5.50. The smallest absolute Gasteiger partial charge is 0.362 e. The van der Waals surface area contributed by atoms with E-state index in [9.17, 15) is 19.5 Å². The van der Waals surface area contributed by atoms with E-state index in [4.69, 9.17) is 14.2 Å². The average Bonchev–Trinajstić information content (AvgIpc) is 3.08. The molecule has 0 spiro atoms. The molecule has 8 heteroatoms. The number of carboxylic acid groups (broad SMARTS) is 1. The molecular formula is C43H76NO7+. The van der Waals surface area contributed by atoms with Gasteiger partial charge in [-0.3, -0.25) is 9.59 Å². The molecule has 0 aromatic carbocycles. The Bertz CT molecular complexity index is 979. The third kappa shape index (κ3) is 32.9. The van der Waals surface area contributed by atoms with Crippen molar-refractivity contribution in [1.82, 2.24) is 0 Å². The van der Waals surface area contributed by atoms with E-state index >= 15 is 0 Å². The van der Waals surface area contributed by atoms with Gasteiger partial charge in [-0.25, -0.2) is 4.79 Å². The van der Waals surface area contributed by atoms with Crippen LogP contribution in [0, 0.1) is 0 Å². The quantitative estimate of drug-likeness (QED) is 0.0301. The lowest BCUT2D eigenvalue weighted by Crippen LogP contribution is -2.50. The Morgan fingerprint density at radius 2 is 1.08 bits per heavy atom. The predicted octanol–water partition coefficient (Wildman–Crippen LogP) is 10.5. The van der Waals surface area contributed by atoms with Crippen molar-refractivity contribution in [1.29, 1.82) is 0 Å². The number of allylic oxidation sites excluding steroid dienone is 8. The molecule has 51 heavy (non-hydrogen) atoms. The zero-order valence-electron chi connectivity index (χ0n) is 33.3. The second-order valence-corrected chi connectivity index (χ2v) is 14.5. The number of carbonyl (C=O) groups excluding carboxylic acids is 2. The molecule has 0 amide bonds. The van der Waals surface area contributed by atoms with Crippen molar-refractivity contribution in [2.75, 3.05) is 41.0 Å². The number of quaternary nitrogens is 1. The van der Waals surface area contributed by atoms with Crippen LogP contribution in [-0.2, 0) is 28.6 Å². The number of carboxylic acids is 1. The number of likely N-dealkylation sites (N-methyl/N-ethyl adjacent to an activating group) is 1. The van der Waals surface area contributed by atoms with Crippen LogP contribution in [0.2, 0.25) is 0 Å². The van der Waals surface area contributed by atoms with Gasteiger partial charge in [-0.05, 0) is 64.2 Å². The monoisotopic (exact) mass is 719 g/mol. The molecule has 0 radical (unpaired) electrons. The van der Waals surface area contributed by atoms with Crippen LogP contribution in [0.5, 0.6) is 0 Å². The summed E-state index contributed by atoms with van der Waals surface area (Å²) in [4.78, 5) is 36.8. The summed E-state index contributed by atoms with van der Waals surface area (Å²) in [6.07, 6.45) is 38.6. The van der Waals surface area contributed by atoms with Crippen molar-refractivity contribution in [2.45, 2.75) is 167 Å². The van der Waals surface area contributed by atoms with E-state index in [0.717, 1.165) is 96.3 Å². The Hall–Kier alpha value is -2.71. The molecule has 1 N–H and O–H groups in total. The Balaban J connectivity index is 4.45. The van der Waals surface area contributed by atoms with Gasteiger partial charge in [0.15, 0.2) is 12.1 Å². The highest BCUT2D eigenvalue weighted by Gasteiger charge is 2.31. The summed E-state index contributed by atoms with van der Waals surface area (Å²) in [6, 6.07) is -0.619. The Morgan fingerprint density at radius 3 is 1.59 bits per heavy atom. The molecule has 0 aliphatic rings. The van der Waals surface area contributed by atoms with Gasteiger partial charge >= 0.3 is 17.9 Å². The molecule has 0 aliphatic carbocycles. The van der Waals surface area contributed by atoms with Crippen molar-refractivity contribution in [3.8, 4) is 0 Å². The standard InChI is InChI=1S/C43H75NO7/c1-6-8-10-12-14-16-18-20-22-24-26-28-30-32-34-42(46)51-39(37-49-36-35-40(43(47)48)44(3,4)5)38-50-41(45)33-31-29-27-25-23-21-19-17-15-13-11-9-7-2/h11-14,17-20,39-40H,6-10,15-16,21-38H2,1-5H3/p+1/b13-11-,14-12-,19-17-,20-18-. The third-order valence-electron chi connectivity index (χ3n) is 8.68. The number of carbonyl (C=O) groups is 3. The third-order valence-corrected chi connectivity index (χ3v) is 8.68. The lowest BCUT2D eigenvalue weighted by Gasteiger charge is -2.31. The lowest BCUT2D eigenvalue weighted by atomic mass is 10.1. The molecule has 2 atom stereocenters. The molecule has 0 aromatic rings. The van der Waals surface area contributed by atoms with Gasteiger partial charge in [0.05, 0.1) is 34.4 Å². The normalized spacial score (nSPS) is 13.5. The summed E-state index contributed by atoms with van der Waals surface area (Å²) in [5.41, 5.74) is 0. The van der Waals surface area contributed by atoms with E-state index < -0.39 is 18.1 Å². The number of aliphatic carboxylic acids is 1. The van der Waals surface area contributed by atoms with Crippen molar-refractivity contribution >= 4 is 17.9 Å². The number of esters is 2. The highest BCUT2D eigenvalue weighted by atomic mass is 16.6. The molecule has 0 aliphatic heterocycles. The second-order valence-electron chi connectivity index (χ2n) is 14.5. The van der Waals surface area contributed by atoms with Crippen LogP contribution in [0.4, 0.5) is 0 Å². The fraction of sp³-hybridized carbons (Fsp3) is 0.744. The largest absolute Gasteiger partial charge is 0.477 e. The van der Waals surface area contributed by atoms with Gasteiger partial charge < -0.3 is 23.8 Å². The molecule has 0 aromatic heterocycles. The van der Waals surface area contributed by atoms with E-state index in [2.05, 4.69) is 62.5 Å². The average molecular weight is 719 g/mol. The van der Waals surface area contributed by atoms with Crippen molar-refractivity contribution < 1.29 is 38.2 Å². The van der Waals surface area contributed by atoms with E-state index in [1.54, 1.807) is 0 Å². The first-order valence-electron chi connectivity index (χ1n) is 20.2. The summed E-state index contributed by atoms with van der Waals surface area (Å²) in [5, 5.41) is 9.59. The van der Waals surface area contributed by atoms with Gasteiger partial charge in [0, 0.05) is 19.3 Å². The maximum atomic E-state index is 12.7. The zero-order chi connectivity index (χ0) is 37.8. The van der Waals surface area contributed by atoms with Crippen LogP contribution >= 0.6 is 0 Å². The van der Waals surface area contributed by atoms with Crippen molar-refractivity contribution in [3.05, 3.63) is 48.6 Å². The van der Waals surface area contributed by atoms with Gasteiger partial charge in [0.25, 0.3) is 0 Å². The van der Waals surface area contributed by atoms with E-state index in [-0.39, 0.29) is 36.2 Å². The van der Waals surface area contributed by atoms with Crippen LogP contribution in [0.15, 0.2) is 48.6 Å². The predicted molar refractivity (Wildman–Crippen MR) is 211 cm³/mol. The number of hydrogen-bond donors (Lipinski definition) is 1. The first-order valence-corrected chi connectivity index (χ1v) is 20.2. The molecule has 0 saturated heterocycles. The Labute approximate surface area is 312 Å². The van der Waals surface area contributed by atoms with Crippen LogP contribution in [-0.4, -0.2) is 80.6 Å². The molecule has 2 unspecified atom stereocenters. The minimum absolute atomic E-state index is 0.0496. The van der Waals surface area contributed by atoms with Gasteiger partial charge in [0.1, 0.15) is 6.61 Å². The molecule has 8 nitrogen and oxygen atoms in total. The van der Waals surface area contributed by atoms with Crippen LogP contribution in [0.1, 0.15) is 155 Å². The highest BCUT2D eigenvalue weighted by molar-refractivity contribution is 5.72. The Morgan fingerprint density at radius 1 is 0.588 bits per heavy atom. The molecular weight excluding hydrogens is 642 g/mol. The number of nitrogens with zero attached hydrogens (tertiary/aromatic N) is 1. The van der Waals surface area contributed by atoms with Gasteiger partial charge in [-0.2, -0.15) is 0 Å².